The molecule has 0 aliphatic carbocycles. The highest BCUT2D eigenvalue weighted by Crippen LogP contribution is 2.34. The van der Waals surface area contributed by atoms with Crippen LogP contribution in [0.1, 0.15) is 26.7 Å². The summed E-state index contributed by atoms with van der Waals surface area (Å²) in [6, 6.07) is 11.6. The van der Waals surface area contributed by atoms with Gasteiger partial charge in [0.25, 0.3) is 0 Å². The Morgan fingerprint density at radius 2 is 1.85 bits per heavy atom. The van der Waals surface area contributed by atoms with E-state index in [-0.39, 0.29) is 17.6 Å². The predicted octanol–water partition coefficient (Wildman–Crippen LogP) is 5.34. The lowest BCUT2D eigenvalue weighted by molar-refractivity contribution is -0.119. The minimum atomic E-state index is -2.93. The van der Waals surface area contributed by atoms with Crippen molar-refractivity contribution < 1.29 is 23.0 Å². The summed E-state index contributed by atoms with van der Waals surface area (Å²) < 4.78 is 35.2. The third kappa shape index (κ3) is 5.18. The van der Waals surface area contributed by atoms with E-state index in [1.54, 1.807) is 43.5 Å². The van der Waals surface area contributed by atoms with Crippen LogP contribution in [0.4, 0.5) is 14.5 Å². The number of rotatable bonds is 8. The van der Waals surface area contributed by atoms with E-state index in [1.807, 2.05) is 13.8 Å². The molecule has 0 aliphatic heterocycles. The van der Waals surface area contributed by atoms with Crippen LogP contribution in [0.5, 0.6) is 11.5 Å². The van der Waals surface area contributed by atoms with E-state index in [4.69, 9.17) is 4.74 Å². The summed E-state index contributed by atoms with van der Waals surface area (Å²) in [6.45, 7) is 0.941. The molecule has 1 unspecified atom stereocenters. The van der Waals surface area contributed by atoms with Crippen LogP contribution in [-0.4, -0.2) is 19.6 Å². The minimum Gasteiger partial charge on any atom is -0.497 e. The first-order valence-electron chi connectivity index (χ1n) is 8.48. The van der Waals surface area contributed by atoms with E-state index >= 15 is 0 Å². The summed E-state index contributed by atoms with van der Waals surface area (Å²) >= 11 is 0. The molecular formula is C20H23F2NO3. The molecule has 4 nitrogen and oxygen atoms in total. The number of ether oxygens (including phenoxy) is 2. The summed E-state index contributed by atoms with van der Waals surface area (Å²) in [5, 5.41) is 2.83. The molecule has 0 bridgehead atoms. The smallest absolute Gasteiger partial charge is 0.387 e. The number of amides is 1. The van der Waals surface area contributed by atoms with Crippen molar-refractivity contribution in [3.8, 4) is 22.6 Å². The molecule has 1 atom stereocenters. The van der Waals surface area contributed by atoms with Crippen molar-refractivity contribution in [2.75, 3.05) is 12.4 Å². The maximum atomic E-state index is 12.7. The summed E-state index contributed by atoms with van der Waals surface area (Å²) in [7, 11) is 1.55. The summed E-state index contributed by atoms with van der Waals surface area (Å²) in [4.78, 5) is 12.2. The molecule has 1 N–H and O–H groups in total. The fourth-order valence-electron chi connectivity index (χ4n) is 2.63. The Hall–Kier alpha value is -2.63. The zero-order valence-electron chi connectivity index (χ0n) is 15.1. The number of carbonyl (C=O) groups is 1. The van der Waals surface area contributed by atoms with Gasteiger partial charge in [-0.25, -0.2) is 0 Å². The quantitative estimate of drug-likeness (QED) is 0.689. The number of alkyl halides is 2. The van der Waals surface area contributed by atoms with Crippen molar-refractivity contribution in [3.05, 3.63) is 42.5 Å². The Balaban J connectivity index is 2.33. The Morgan fingerprint density at radius 1 is 1.15 bits per heavy atom. The molecular weight excluding hydrogens is 340 g/mol. The highest BCUT2D eigenvalue weighted by molar-refractivity contribution is 5.93. The Bertz CT molecular complexity index is 732. The second-order valence-corrected chi connectivity index (χ2v) is 6.00. The number of hydrogen-bond acceptors (Lipinski definition) is 3. The molecule has 0 spiro atoms. The van der Waals surface area contributed by atoms with Gasteiger partial charge in [0.2, 0.25) is 5.91 Å². The Morgan fingerprint density at radius 3 is 2.42 bits per heavy atom. The van der Waals surface area contributed by atoms with Crippen molar-refractivity contribution in [1.82, 2.24) is 0 Å². The van der Waals surface area contributed by atoms with Crippen LogP contribution in [0.2, 0.25) is 0 Å². The third-order valence-corrected chi connectivity index (χ3v) is 4.03. The largest absolute Gasteiger partial charge is 0.497 e. The maximum absolute atomic E-state index is 12.7. The first kappa shape index (κ1) is 19.7. The molecule has 2 aromatic carbocycles. The van der Waals surface area contributed by atoms with Crippen LogP contribution in [0.15, 0.2) is 42.5 Å². The predicted molar refractivity (Wildman–Crippen MR) is 97.8 cm³/mol. The van der Waals surface area contributed by atoms with Gasteiger partial charge < -0.3 is 14.8 Å². The zero-order valence-corrected chi connectivity index (χ0v) is 15.1. The van der Waals surface area contributed by atoms with Crippen LogP contribution < -0.4 is 14.8 Å². The number of halogens is 2. The van der Waals surface area contributed by atoms with Gasteiger partial charge in [-0.15, -0.1) is 0 Å². The summed E-state index contributed by atoms with van der Waals surface area (Å²) in [5.74, 6) is 0.476. The van der Waals surface area contributed by atoms with Crippen molar-refractivity contribution in [1.29, 1.82) is 0 Å². The fourth-order valence-corrected chi connectivity index (χ4v) is 2.63. The Kier molecular flexibility index (Phi) is 6.95. The first-order valence-corrected chi connectivity index (χ1v) is 8.48. The highest BCUT2D eigenvalue weighted by Gasteiger charge is 2.15. The molecule has 0 saturated heterocycles. The van der Waals surface area contributed by atoms with Gasteiger partial charge in [0.15, 0.2) is 0 Å². The van der Waals surface area contributed by atoms with Crippen molar-refractivity contribution in [3.63, 3.8) is 0 Å². The van der Waals surface area contributed by atoms with Crippen molar-refractivity contribution in [2.45, 2.75) is 33.3 Å². The molecule has 0 aromatic heterocycles. The van der Waals surface area contributed by atoms with Gasteiger partial charge in [0.1, 0.15) is 11.5 Å². The topological polar surface area (TPSA) is 47.6 Å². The average Bonchev–Trinajstić information content (AvgIpc) is 2.63. The van der Waals surface area contributed by atoms with Crippen LogP contribution in [-0.2, 0) is 4.79 Å². The van der Waals surface area contributed by atoms with Gasteiger partial charge in [-0.1, -0.05) is 32.4 Å². The number of methoxy groups -OCH3 is 1. The van der Waals surface area contributed by atoms with Crippen LogP contribution >= 0.6 is 0 Å². The van der Waals surface area contributed by atoms with E-state index in [1.165, 1.54) is 6.07 Å². The van der Waals surface area contributed by atoms with E-state index in [2.05, 4.69) is 10.1 Å². The monoisotopic (exact) mass is 363 g/mol. The molecule has 140 valence electrons. The van der Waals surface area contributed by atoms with Gasteiger partial charge in [-0.05, 0) is 42.3 Å². The number of anilines is 1. The average molecular weight is 363 g/mol. The van der Waals surface area contributed by atoms with Gasteiger partial charge in [0, 0.05) is 17.2 Å². The summed E-state index contributed by atoms with van der Waals surface area (Å²) in [6.07, 6.45) is 1.69. The van der Waals surface area contributed by atoms with Gasteiger partial charge in [-0.2, -0.15) is 8.78 Å². The van der Waals surface area contributed by atoms with E-state index in [0.29, 0.717) is 22.6 Å². The zero-order chi connectivity index (χ0) is 19.1. The molecule has 6 heteroatoms. The van der Waals surface area contributed by atoms with E-state index in [9.17, 15) is 13.6 Å². The molecule has 2 aromatic rings. The highest BCUT2D eigenvalue weighted by atomic mass is 19.3. The number of carbonyl (C=O) groups excluding carboxylic acids is 1. The van der Waals surface area contributed by atoms with Crippen LogP contribution in [0, 0.1) is 5.92 Å². The molecule has 0 aliphatic rings. The first-order chi connectivity index (χ1) is 12.4. The van der Waals surface area contributed by atoms with Gasteiger partial charge in [0.05, 0.1) is 7.11 Å². The summed E-state index contributed by atoms with van der Waals surface area (Å²) in [5.41, 5.74) is 1.68. The van der Waals surface area contributed by atoms with Gasteiger partial charge >= 0.3 is 6.61 Å². The molecule has 26 heavy (non-hydrogen) atoms. The minimum absolute atomic E-state index is 0.0461. The maximum Gasteiger partial charge on any atom is 0.387 e. The normalized spacial score (nSPS) is 11.9. The lowest BCUT2D eigenvalue weighted by Crippen LogP contribution is -2.20. The van der Waals surface area contributed by atoms with E-state index in [0.717, 1.165) is 12.8 Å². The van der Waals surface area contributed by atoms with Crippen LogP contribution in [0.25, 0.3) is 11.1 Å². The van der Waals surface area contributed by atoms with Crippen molar-refractivity contribution >= 4 is 11.6 Å². The standard InChI is InChI=1S/C20H23F2NO3/c1-4-5-13(2)19(24)23-15-8-11-18(26-20(21)22)17(12-15)14-6-9-16(25-3)10-7-14/h6-13,20H,4-5H2,1-3H3,(H,23,24). The Labute approximate surface area is 152 Å². The number of benzene rings is 2. The SMILES string of the molecule is CCCC(C)C(=O)Nc1ccc(OC(F)F)c(-c2ccc(OC)cc2)c1. The second kappa shape index (κ2) is 9.17. The number of hydrogen-bond donors (Lipinski definition) is 1. The molecule has 2 rings (SSSR count). The van der Waals surface area contributed by atoms with Gasteiger partial charge in [-0.3, -0.25) is 4.79 Å². The van der Waals surface area contributed by atoms with Crippen LogP contribution in [0.3, 0.4) is 0 Å². The van der Waals surface area contributed by atoms with E-state index < -0.39 is 6.61 Å². The molecule has 0 heterocycles. The lowest BCUT2D eigenvalue weighted by Gasteiger charge is -2.15. The second-order valence-electron chi connectivity index (χ2n) is 6.00. The molecule has 0 radical (unpaired) electrons. The van der Waals surface area contributed by atoms with Crippen molar-refractivity contribution in [2.24, 2.45) is 5.92 Å². The lowest BCUT2D eigenvalue weighted by atomic mass is 10.0. The molecule has 1 amide bonds. The molecule has 0 saturated carbocycles. The third-order valence-electron chi connectivity index (χ3n) is 4.03. The fraction of sp³-hybridized carbons (Fsp3) is 0.350. The molecule has 0 fully saturated rings. The number of nitrogens with one attached hydrogen (secondary N) is 1.